The number of pyridine rings is 2. The fourth-order valence-electron chi connectivity index (χ4n) is 3.07. The predicted molar refractivity (Wildman–Crippen MR) is 109 cm³/mol. The van der Waals surface area contributed by atoms with Gasteiger partial charge in [0.05, 0.1) is 0 Å². The lowest BCUT2D eigenvalue weighted by atomic mass is 10.1. The number of aromatic amines is 1. The predicted octanol–water partition coefficient (Wildman–Crippen LogP) is 4.89. The van der Waals surface area contributed by atoms with Crippen molar-refractivity contribution in [1.82, 2.24) is 19.5 Å². The van der Waals surface area contributed by atoms with Gasteiger partial charge in [0.25, 0.3) is 0 Å². The standard InChI is InChI=1S/C20H24N4OSi/c1-26(2,3)10-9-25-14-24-8-6-15-11-16(12-23-20(15)24)18-13-22-19-17(18)5-4-7-21-19/h4-8,11-13H,9-10,14H2,1-3H3,(H,21,22). The van der Waals surface area contributed by atoms with Gasteiger partial charge >= 0.3 is 0 Å². The first-order valence-corrected chi connectivity index (χ1v) is 12.7. The van der Waals surface area contributed by atoms with Crippen LogP contribution in [0.2, 0.25) is 25.7 Å². The van der Waals surface area contributed by atoms with E-state index in [1.807, 2.05) is 24.7 Å². The fourth-order valence-corrected chi connectivity index (χ4v) is 3.82. The van der Waals surface area contributed by atoms with Gasteiger partial charge in [0.15, 0.2) is 0 Å². The first-order valence-electron chi connectivity index (χ1n) is 8.96. The Balaban J connectivity index is 1.56. The highest BCUT2D eigenvalue weighted by molar-refractivity contribution is 6.76. The van der Waals surface area contributed by atoms with Crippen LogP contribution in [0.5, 0.6) is 0 Å². The fraction of sp³-hybridized carbons (Fsp3) is 0.300. The van der Waals surface area contributed by atoms with Gasteiger partial charge in [-0.15, -0.1) is 0 Å². The zero-order valence-electron chi connectivity index (χ0n) is 15.5. The van der Waals surface area contributed by atoms with E-state index in [9.17, 15) is 0 Å². The molecule has 4 heterocycles. The van der Waals surface area contributed by atoms with Crippen molar-refractivity contribution in [2.45, 2.75) is 32.4 Å². The van der Waals surface area contributed by atoms with E-state index >= 15 is 0 Å². The van der Waals surface area contributed by atoms with Gasteiger partial charge in [-0.25, -0.2) is 9.97 Å². The van der Waals surface area contributed by atoms with Crippen molar-refractivity contribution in [2.24, 2.45) is 0 Å². The van der Waals surface area contributed by atoms with Crippen LogP contribution in [-0.4, -0.2) is 34.2 Å². The maximum Gasteiger partial charge on any atom is 0.141 e. The van der Waals surface area contributed by atoms with Gasteiger partial charge in [0, 0.05) is 61.4 Å². The van der Waals surface area contributed by atoms with Gasteiger partial charge in [-0.2, -0.15) is 0 Å². The van der Waals surface area contributed by atoms with Crippen molar-refractivity contribution >= 4 is 30.1 Å². The second-order valence-electron chi connectivity index (χ2n) is 7.87. The van der Waals surface area contributed by atoms with Gasteiger partial charge in [-0.3, -0.25) is 0 Å². The third-order valence-electron chi connectivity index (χ3n) is 4.59. The molecular weight excluding hydrogens is 340 g/mol. The Morgan fingerprint density at radius 2 is 2.08 bits per heavy atom. The maximum atomic E-state index is 5.87. The van der Waals surface area contributed by atoms with Crippen LogP contribution in [0.25, 0.3) is 33.2 Å². The average Bonchev–Trinajstić information content (AvgIpc) is 3.21. The third kappa shape index (κ3) is 3.43. The minimum Gasteiger partial charge on any atom is -0.361 e. The molecule has 0 unspecified atom stereocenters. The Kier molecular flexibility index (Phi) is 4.38. The van der Waals surface area contributed by atoms with Crippen LogP contribution in [0.3, 0.4) is 0 Å². The molecule has 4 aromatic heterocycles. The largest absolute Gasteiger partial charge is 0.361 e. The summed E-state index contributed by atoms with van der Waals surface area (Å²) in [7, 11) is -1.05. The van der Waals surface area contributed by atoms with Crippen LogP contribution in [0, 0.1) is 0 Å². The van der Waals surface area contributed by atoms with Crippen molar-refractivity contribution in [3.05, 3.63) is 49.1 Å². The minimum atomic E-state index is -1.05. The molecule has 4 rings (SSSR count). The number of fused-ring (bicyclic) bond motifs is 2. The number of rotatable bonds is 6. The third-order valence-corrected chi connectivity index (χ3v) is 6.29. The Labute approximate surface area is 154 Å². The van der Waals surface area contributed by atoms with Crippen LogP contribution in [-0.2, 0) is 11.5 Å². The topological polar surface area (TPSA) is 55.7 Å². The average molecular weight is 365 g/mol. The number of H-pyrrole nitrogens is 1. The molecule has 1 N–H and O–H groups in total. The van der Waals surface area contributed by atoms with Gasteiger partial charge in [0.2, 0.25) is 0 Å². The number of hydrogen-bond donors (Lipinski definition) is 1. The van der Waals surface area contributed by atoms with Crippen molar-refractivity contribution in [3.63, 3.8) is 0 Å². The molecule has 26 heavy (non-hydrogen) atoms. The van der Waals surface area contributed by atoms with Crippen LogP contribution >= 0.6 is 0 Å². The van der Waals surface area contributed by atoms with Crippen LogP contribution in [0.4, 0.5) is 0 Å². The molecule has 0 bridgehead atoms. The van der Waals surface area contributed by atoms with Crippen molar-refractivity contribution in [3.8, 4) is 11.1 Å². The van der Waals surface area contributed by atoms with Crippen molar-refractivity contribution < 1.29 is 4.74 Å². The molecule has 0 saturated carbocycles. The van der Waals surface area contributed by atoms with E-state index in [2.05, 4.69) is 57.4 Å². The summed E-state index contributed by atoms with van der Waals surface area (Å²) in [6, 6.07) is 9.49. The Morgan fingerprint density at radius 3 is 2.92 bits per heavy atom. The summed E-state index contributed by atoms with van der Waals surface area (Å²) < 4.78 is 7.94. The first-order chi connectivity index (χ1) is 12.5. The summed E-state index contributed by atoms with van der Waals surface area (Å²) >= 11 is 0. The minimum absolute atomic E-state index is 0.553. The van der Waals surface area contributed by atoms with E-state index in [1.54, 1.807) is 6.20 Å². The summed E-state index contributed by atoms with van der Waals surface area (Å²) in [6.07, 6.45) is 7.77. The summed E-state index contributed by atoms with van der Waals surface area (Å²) in [5.74, 6) is 0. The van der Waals surface area contributed by atoms with Crippen LogP contribution < -0.4 is 0 Å². The van der Waals surface area contributed by atoms with E-state index < -0.39 is 8.07 Å². The van der Waals surface area contributed by atoms with E-state index in [-0.39, 0.29) is 0 Å². The molecule has 0 atom stereocenters. The monoisotopic (exact) mass is 364 g/mol. The second-order valence-corrected chi connectivity index (χ2v) is 13.5. The normalized spacial score (nSPS) is 12.3. The lowest BCUT2D eigenvalue weighted by Crippen LogP contribution is -2.22. The molecule has 0 spiro atoms. The van der Waals surface area contributed by atoms with E-state index in [1.165, 1.54) is 6.04 Å². The first kappa shape index (κ1) is 17.0. The Bertz CT molecular complexity index is 1040. The molecular formula is C20H24N4OSi. The zero-order valence-corrected chi connectivity index (χ0v) is 16.5. The summed E-state index contributed by atoms with van der Waals surface area (Å²) in [6.45, 7) is 8.47. The molecule has 0 radical (unpaired) electrons. The summed E-state index contributed by atoms with van der Waals surface area (Å²) in [4.78, 5) is 12.3. The van der Waals surface area contributed by atoms with Crippen molar-refractivity contribution in [1.29, 1.82) is 0 Å². The van der Waals surface area contributed by atoms with Crippen molar-refractivity contribution in [2.75, 3.05) is 6.61 Å². The molecule has 0 aliphatic carbocycles. The number of hydrogen-bond acceptors (Lipinski definition) is 3. The quantitative estimate of drug-likeness (QED) is 0.391. The second kappa shape index (κ2) is 6.70. The van der Waals surface area contributed by atoms with Crippen LogP contribution in [0.15, 0.2) is 49.1 Å². The number of aromatic nitrogens is 4. The van der Waals surface area contributed by atoms with Gasteiger partial charge in [0.1, 0.15) is 18.0 Å². The molecule has 0 aliphatic heterocycles. The van der Waals surface area contributed by atoms with Gasteiger partial charge in [-0.1, -0.05) is 19.6 Å². The zero-order chi connectivity index (χ0) is 18.1. The Morgan fingerprint density at radius 1 is 1.19 bits per heavy atom. The van der Waals surface area contributed by atoms with E-state index in [0.717, 1.165) is 39.8 Å². The lowest BCUT2D eigenvalue weighted by Gasteiger charge is -2.15. The van der Waals surface area contributed by atoms with E-state index in [4.69, 9.17) is 4.74 Å². The highest BCUT2D eigenvalue weighted by Crippen LogP contribution is 2.29. The molecule has 0 amide bonds. The molecule has 134 valence electrons. The molecule has 0 fully saturated rings. The van der Waals surface area contributed by atoms with Gasteiger partial charge < -0.3 is 14.3 Å². The highest BCUT2D eigenvalue weighted by atomic mass is 28.3. The lowest BCUT2D eigenvalue weighted by molar-refractivity contribution is 0.0899. The molecule has 4 aromatic rings. The van der Waals surface area contributed by atoms with Gasteiger partial charge in [-0.05, 0) is 30.3 Å². The molecule has 0 saturated heterocycles. The highest BCUT2D eigenvalue weighted by Gasteiger charge is 2.13. The molecule has 0 aliphatic rings. The molecule has 5 nitrogen and oxygen atoms in total. The number of nitrogens with zero attached hydrogens (tertiary/aromatic N) is 3. The van der Waals surface area contributed by atoms with Crippen LogP contribution in [0.1, 0.15) is 0 Å². The summed E-state index contributed by atoms with van der Waals surface area (Å²) in [5, 5.41) is 2.23. The maximum absolute atomic E-state index is 5.87. The molecule has 6 heteroatoms. The SMILES string of the molecule is C[Si](C)(C)CCOCn1ccc2cc(-c3c[nH]c4ncccc34)cnc21. The number of nitrogens with one attached hydrogen (secondary N) is 1. The summed E-state index contributed by atoms with van der Waals surface area (Å²) in [5.41, 5.74) is 4.08. The number of ether oxygens (including phenoxy) is 1. The smallest absolute Gasteiger partial charge is 0.141 e. The van der Waals surface area contributed by atoms with E-state index in [0.29, 0.717) is 6.73 Å². The molecule has 0 aromatic carbocycles. The Hall–Kier alpha value is -2.44.